The zero-order valence-corrected chi connectivity index (χ0v) is 13.6. The van der Waals surface area contributed by atoms with E-state index in [1.165, 1.54) is 6.26 Å². The number of sulfonamides is 1. The fourth-order valence-corrected chi connectivity index (χ4v) is 5.12. The molecule has 0 N–H and O–H groups in total. The Bertz CT molecular complexity index is 524. The van der Waals surface area contributed by atoms with Crippen molar-refractivity contribution in [2.24, 2.45) is 5.92 Å². The maximum absolute atomic E-state index is 12.5. The average molecular weight is 316 g/mol. The number of nitrogens with zero attached hydrogens (tertiary/aromatic N) is 2. The highest BCUT2D eigenvalue weighted by atomic mass is 32.2. The second kappa shape index (κ2) is 5.21. The highest BCUT2D eigenvalue weighted by Crippen LogP contribution is 2.40. The lowest BCUT2D eigenvalue weighted by atomic mass is 9.77. The Labute approximate surface area is 126 Å². The number of carbonyl (C=O) groups excluding carboxylic acids is 1. The van der Waals surface area contributed by atoms with Crippen molar-refractivity contribution in [1.82, 2.24) is 9.21 Å². The highest BCUT2D eigenvalue weighted by molar-refractivity contribution is 7.88. The van der Waals surface area contributed by atoms with E-state index in [1.54, 1.807) is 11.4 Å². The van der Waals surface area contributed by atoms with Gasteiger partial charge in [-0.25, -0.2) is 8.42 Å². The van der Waals surface area contributed by atoms with E-state index in [-0.39, 0.29) is 17.6 Å². The van der Waals surface area contributed by atoms with Crippen molar-refractivity contribution in [1.29, 1.82) is 0 Å². The van der Waals surface area contributed by atoms with Gasteiger partial charge in [-0.2, -0.15) is 4.31 Å². The van der Waals surface area contributed by atoms with Crippen LogP contribution in [0.1, 0.15) is 32.1 Å². The predicted molar refractivity (Wildman–Crippen MR) is 78.2 cm³/mol. The number of carbonyl (C=O) groups is 1. The van der Waals surface area contributed by atoms with Crippen LogP contribution in [0.15, 0.2) is 0 Å². The second-order valence-corrected chi connectivity index (χ2v) is 8.64. The van der Waals surface area contributed by atoms with Gasteiger partial charge in [0.15, 0.2) is 0 Å². The summed E-state index contributed by atoms with van der Waals surface area (Å²) < 4.78 is 30.7. The lowest BCUT2D eigenvalue weighted by Gasteiger charge is -2.40. The third-order valence-corrected chi connectivity index (χ3v) is 6.75. The van der Waals surface area contributed by atoms with Crippen LogP contribution in [0, 0.1) is 5.92 Å². The fraction of sp³-hybridized carbons (Fsp3) is 0.929. The van der Waals surface area contributed by atoms with E-state index in [0.29, 0.717) is 32.0 Å². The molecule has 7 heteroatoms. The Balaban J connectivity index is 1.63. The number of hydrogen-bond donors (Lipinski definition) is 0. The van der Waals surface area contributed by atoms with Crippen molar-refractivity contribution >= 4 is 15.9 Å². The highest BCUT2D eigenvalue weighted by Gasteiger charge is 2.47. The van der Waals surface area contributed by atoms with Crippen molar-refractivity contribution in [3.8, 4) is 0 Å². The quantitative estimate of drug-likeness (QED) is 0.755. The van der Waals surface area contributed by atoms with Gasteiger partial charge in [-0.05, 0) is 31.6 Å². The zero-order chi connectivity index (χ0) is 15.3. The molecule has 2 saturated heterocycles. The molecule has 0 radical (unpaired) electrons. The van der Waals surface area contributed by atoms with Crippen molar-refractivity contribution in [3.63, 3.8) is 0 Å². The Morgan fingerprint density at radius 1 is 1.33 bits per heavy atom. The summed E-state index contributed by atoms with van der Waals surface area (Å²) in [6.45, 7) is 1.82. The maximum Gasteiger partial charge on any atom is 0.225 e. The van der Waals surface area contributed by atoms with Crippen molar-refractivity contribution in [2.45, 2.75) is 43.7 Å². The first-order valence-electron chi connectivity index (χ1n) is 7.64. The van der Waals surface area contributed by atoms with E-state index in [2.05, 4.69) is 0 Å². The molecule has 0 bridgehead atoms. The zero-order valence-electron chi connectivity index (χ0n) is 12.7. The van der Waals surface area contributed by atoms with Crippen LogP contribution in [0.4, 0.5) is 0 Å². The Morgan fingerprint density at radius 3 is 2.57 bits per heavy atom. The third kappa shape index (κ3) is 2.71. The molecule has 120 valence electrons. The lowest BCUT2D eigenvalue weighted by molar-refractivity contribution is -0.143. The van der Waals surface area contributed by atoms with Gasteiger partial charge in [0, 0.05) is 32.8 Å². The van der Waals surface area contributed by atoms with Crippen LogP contribution >= 0.6 is 0 Å². The first-order valence-corrected chi connectivity index (χ1v) is 9.49. The Kier molecular flexibility index (Phi) is 3.78. The van der Waals surface area contributed by atoms with Gasteiger partial charge in [-0.15, -0.1) is 0 Å². The normalized spacial score (nSPS) is 32.0. The molecule has 2 atom stereocenters. The summed E-state index contributed by atoms with van der Waals surface area (Å²) in [6, 6.07) is -0.0242. The standard InChI is InChI=1S/C14H24N2O4S/c1-20-14(5-3-6-14)8-13(17)15-9-11-4-7-16(12(11)10-15)21(2,18)19/h11-12H,3-10H2,1-2H3/t11-,12+/m1/s1. The van der Waals surface area contributed by atoms with Crippen LogP contribution in [0.25, 0.3) is 0 Å². The molecule has 1 aliphatic carbocycles. The van der Waals surface area contributed by atoms with Gasteiger partial charge in [0.2, 0.25) is 15.9 Å². The van der Waals surface area contributed by atoms with E-state index in [9.17, 15) is 13.2 Å². The summed E-state index contributed by atoms with van der Waals surface area (Å²) in [7, 11) is -1.49. The van der Waals surface area contributed by atoms with Gasteiger partial charge in [-0.1, -0.05) is 0 Å². The largest absolute Gasteiger partial charge is 0.378 e. The molecule has 3 rings (SSSR count). The molecule has 3 aliphatic rings. The topological polar surface area (TPSA) is 66.9 Å². The van der Waals surface area contributed by atoms with E-state index in [0.717, 1.165) is 25.7 Å². The van der Waals surface area contributed by atoms with Crippen molar-refractivity contribution in [3.05, 3.63) is 0 Å². The number of likely N-dealkylation sites (tertiary alicyclic amines) is 1. The van der Waals surface area contributed by atoms with Gasteiger partial charge in [0.1, 0.15) is 0 Å². The molecule has 0 aromatic rings. The Morgan fingerprint density at radius 2 is 2.05 bits per heavy atom. The molecular formula is C14H24N2O4S. The summed E-state index contributed by atoms with van der Waals surface area (Å²) in [5, 5.41) is 0. The molecule has 1 amide bonds. The van der Waals surface area contributed by atoms with Crippen LogP contribution in [-0.2, 0) is 19.6 Å². The summed E-state index contributed by atoms with van der Waals surface area (Å²) in [6.07, 6.45) is 5.57. The minimum atomic E-state index is -3.17. The van der Waals surface area contributed by atoms with Crippen LogP contribution < -0.4 is 0 Å². The van der Waals surface area contributed by atoms with Gasteiger partial charge >= 0.3 is 0 Å². The molecule has 3 fully saturated rings. The van der Waals surface area contributed by atoms with E-state index in [4.69, 9.17) is 4.74 Å². The summed E-state index contributed by atoms with van der Waals surface area (Å²) >= 11 is 0. The minimum absolute atomic E-state index is 0.0242. The second-order valence-electron chi connectivity index (χ2n) is 6.71. The molecule has 0 aromatic heterocycles. The van der Waals surface area contributed by atoms with Crippen LogP contribution in [0.2, 0.25) is 0 Å². The van der Waals surface area contributed by atoms with E-state index < -0.39 is 10.0 Å². The number of fused-ring (bicyclic) bond motifs is 1. The molecule has 0 spiro atoms. The van der Waals surface area contributed by atoms with Crippen LogP contribution in [-0.4, -0.2) is 68.2 Å². The number of methoxy groups -OCH3 is 1. The molecule has 6 nitrogen and oxygen atoms in total. The SMILES string of the molecule is COC1(CC(=O)N2C[C@H]3CCN(S(C)(=O)=O)[C@H]3C2)CCC1. The molecule has 21 heavy (non-hydrogen) atoms. The molecule has 0 unspecified atom stereocenters. The molecule has 1 saturated carbocycles. The first kappa shape index (κ1) is 15.2. The number of ether oxygens (including phenoxy) is 1. The average Bonchev–Trinajstić information content (AvgIpc) is 2.91. The summed E-state index contributed by atoms with van der Waals surface area (Å²) in [5.74, 6) is 0.406. The minimum Gasteiger partial charge on any atom is -0.378 e. The monoisotopic (exact) mass is 316 g/mol. The van der Waals surface area contributed by atoms with E-state index >= 15 is 0 Å². The lowest BCUT2D eigenvalue weighted by Crippen LogP contribution is -2.46. The van der Waals surface area contributed by atoms with Crippen molar-refractivity contribution in [2.75, 3.05) is 33.0 Å². The molecule has 0 aromatic carbocycles. The number of hydrogen-bond acceptors (Lipinski definition) is 4. The molecular weight excluding hydrogens is 292 g/mol. The Hall–Kier alpha value is -0.660. The molecule has 2 aliphatic heterocycles. The van der Waals surface area contributed by atoms with Gasteiger partial charge in [0.05, 0.1) is 18.3 Å². The maximum atomic E-state index is 12.5. The van der Waals surface area contributed by atoms with Crippen LogP contribution in [0.5, 0.6) is 0 Å². The van der Waals surface area contributed by atoms with Crippen LogP contribution in [0.3, 0.4) is 0 Å². The van der Waals surface area contributed by atoms with E-state index in [1.807, 2.05) is 4.90 Å². The predicted octanol–water partition coefficient (Wildman–Crippen LogP) is 0.438. The van der Waals surface area contributed by atoms with Gasteiger partial charge in [0.25, 0.3) is 0 Å². The third-order valence-electron chi connectivity index (χ3n) is 5.45. The first-order chi connectivity index (χ1) is 9.85. The number of rotatable bonds is 4. The summed E-state index contributed by atoms with van der Waals surface area (Å²) in [5.41, 5.74) is -0.259. The summed E-state index contributed by atoms with van der Waals surface area (Å²) in [4.78, 5) is 14.3. The van der Waals surface area contributed by atoms with Gasteiger partial charge < -0.3 is 9.64 Å². The van der Waals surface area contributed by atoms with Crippen molar-refractivity contribution < 1.29 is 17.9 Å². The molecule has 2 heterocycles. The van der Waals surface area contributed by atoms with Gasteiger partial charge in [-0.3, -0.25) is 4.79 Å². The smallest absolute Gasteiger partial charge is 0.225 e. The number of amides is 1. The fourth-order valence-electron chi connectivity index (χ4n) is 3.95.